The van der Waals surface area contributed by atoms with Gasteiger partial charge in [-0.15, -0.1) is 0 Å². The predicted octanol–water partition coefficient (Wildman–Crippen LogP) is 5.82. The Morgan fingerprint density at radius 3 is 2.66 bits per heavy atom. The Bertz CT molecular complexity index is 1510. The summed E-state index contributed by atoms with van der Waals surface area (Å²) in [6.07, 6.45) is 1.35. The summed E-state index contributed by atoms with van der Waals surface area (Å²) >= 11 is 0. The summed E-state index contributed by atoms with van der Waals surface area (Å²) in [6, 6.07) is 14.6. The predicted molar refractivity (Wildman–Crippen MR) is 158 cm³/mol. The molecule has 0 bridgehead atoms. The monoisotopic (exact) mass is 561 g/mol. The number of aromatic amines is 1. The van der Waals surface area contributed by atoms with Gasteiger partial charge in [0, 0.05) is 67.3 Å². The van der Waals surface area contributed by atoms with Crippen LogP contribution in [-0.2, 0) is 4.74 Å². The molecule has 5 rings (SSSR count). The number of nitrogens with zero attached hydrogens (tertiary/aromatic N) is 4. The second kappa shape index (κ2) is 12.0. The smallest absolute Gasteiger partial charge is 0.410 e. The minimum absolute atomic E-state index is 0.261. The summed E-state index contributed by atoms with van der Waals surface area (Å²) < 4.78 is 26.5. The number of amides is 1. The van der Waals surface area contributed by atoms with E-state index in [4.69, 9.17) is 9.47 Å². The second-order valence-electron chi connectivity index (χ2n) is 11.0. The number of piperazine rings is 1. The lowest BCUT2D eigenvalue weighted by atomic mass is 10.2. The molecule has 0 saturated carbocycles. The van der Waals surface area contributed by atoms with Crippen LogP contribution in [0, 0.1) is 12.7 Å². The van der Waals surface area contributed by atoms with Crippen molar-refractivity contribution in [3.05, 3.63) is 66.2 Å². The molecule has 3 heterocycles. The molecule has 1 aliphatic heterocycles. The van der Waals surface area contributed by atoms with Crippen LogP contribution in [-0.4, -0.2) is 75.8 Å². The van der Waals surface area contributed by atoms with Crippen LogP contribution in [0.1, 0.15) is 26.5 Å². The summed E-state index contributed by atoms with van der Waals surface area (Å²) in [7, 11) is 0. The highest BCUT2D eigenvalue weighted by molar-refractivity contribution is 5.85. The number of ether oxygens (including phenoxy) is 2. The number of fused-ring (bicyclic) bond motifs is 1. The third-order valence-electron chi connectivity index (χ3n) is 6.58. The van der Waals surface area contributed by atoms with Crippen LogP contribution in [0.15, 0.2) is 54.7 Å². The molecule has 4 aromatic rings. The SMILES string of the molecule is Cc1cc2c(F)c(Nc3ccnc(Nc4cccc(OCCN5CCN(C(=O)OC(C)(C)C)CC5)c4)n3)ccc2[nH]1. The number of H-pyrrole nitrogens is 1. The summed E-state index contributed by atoms with van der Waals surface area (Å²) in [5, 5.41) is 6.77. The zero-order valence-electron chi connectivity index (χ0n) is 23.8. The Labute approximate surface area is 238 Å². The number of hydrogen-bond donors (Lipinski definition) is 3. The summed E-state index contributed by atoms with van der Waals surface area (Å²) in [6.45, 7) is 11.6. The first-order valence-corrected chi connectivity index (χ1v) is 13.7. The van der Waals surface area contributed by atoms with Gasteiger partial charge in [0.2, 0.25) is 5.95 Å². The average Bonchev–Trinajstić information content (AvgIpc) is 3.31. The Morgan fingerprint density at radius 2 is 1.88 bits per heavy atom. The van der Waals surface area contributed by atoms with E-state index in [1.54, 1.807) is 29.3 Å². The molecule has 0 spiro atoms. The summed E-state index contributed by atoms with van der Waals surface area (Å²) in [5.74, 6) is 1.21. The van der Waals surface area contributed by atoms with Crippen molar-refractivity contribution in [3.63, 3.8) is 0 Å². The second-order valence-corrected chi connectivity index (χ2v) is 11.0. The fourth-order valence-corrected chi connectivity index (χ4v) is 4.60. The zero-order valence-corrected chi connectivity index (χ0v) is 23.8. The number of benzene rings is 2. The standard InChI is InChI=1S/C30H36FN7O3/c1-20-18-23-24(33-20)8-9-25(27(23)31)35-26-10-11-32-28(36-26)34-21-6-5-7-22(19-21)40-17-16-37-12-14-38(15-13-37)29(39)41-30(2,3)4/h5-11,18-19,33H,12-17H2,1-4H3,(H2,32,34,35,36). The number of nitrogens with one attached hydrogen (secondary N) is 3. The van der Waals surface area contributed by atoms with Gasteiger partial charge >= 0.3 is 6.09 Å². The van der Waals surface area contributed by atoms with E-state index in [2.05, 4.69) is 30.5 Å². The van der Waals surface area contributed by atoms with E-state index < -0.39 is 5.60 Å². The van der Waals surface area contributed by atoms with Crippen molar-refractivity contribution in [2.45, 2.75) is 33.3 Å². The minimum Gasteiger partial charge on any atom is -0.492 e. The maximum absolute atomic E-state index is 15.0. The van der Waals surface area contributed by atoms with Crippen molar-refractivity contribution in [3.8, 4) is 5.75 Å². The topological polar surface area (TPSA) is 108 Å². The van der Waals surface area contributed by atoms with Gasteiger partial charge in [-0.3, -0.25) is 4.90 Å². The third-order valence-corrected chi connectivity index (χ3v) is 6.58. The van der Waals surface area contributed by atoms with Gasteiger partial charge in [-0.25, -0.2) is 14.2 Å². The molecule has 3 N–H and O–H groups in total. The first-order chi connectivity index (χ1) is 19.6. The summed E-state index contributed by atoms with van der Waals surface area (Å²) in [5.41, 5.74) is 2.25. The Kier molecular flexibility index (Phi) is 8.25. The van der Waals surface area contributed by atoms with Gasteiger partial charge in [0.15, 0.2) is 5.82 Å². The van der Waals surface area contributed by atoms with Crippen molar-refractivity contribution < 1.29 is 18.7 Å². The Hall–Kier alpha value is -4.38. The quantitative estimate of drug-likeness (QED) is 0.247. The number of anilines is 4. The van der Waals surface area contributed by atoms with E-state index in [-0.39, 0.29) is 11.9 Å². The van der Waals surface area contributed by atoms with E-state index in [0.717, 1.165) is 36.5 Å². The molecule has 1 aliphatic rings. The molecule has 216 valence electrons. The maximum atomic E-state index is 15.0. The Morgan fingerprint density at radius 1 is 1.07 bits per heavy atom. The lowest BCUT2D eigenvalue weighted by molar-refractivity contribution is 0.0137. The molecule has 1 saturated heterocycles. The molecule has 0 unspecified atom stereocenters. The average molecular weight is 562 g/mol. The number of rotatable bonds is 8. The van der Waals surface area contributed by atoms with E-state index in [0.29, 0.717) is 48.3 Å². The van der Waals surface area contributed by atoms with Crippen LogP contribution >= 0.6 is 0 Å². The molecule has 2 aromatic heterocycles. The van der Waals surface area contributed by atoms with E-state index in [1.807, 2.05) is 58.0 Å². The molecule has 10 nitrogen and oxygen atoms in total. The zero-order chi connectivity index (χ0) is 29.0. The molecule has 0 atom stereocenters. The molecule has 0 radical (unpaired) electrons. The number of halogens is 1. The van der Waals surface area contributed by atoms with Crippen LogP contribution in [0.25, 0.3) is 10.9 Å². The molecule has 1 amide bonds. The number of aryl methyl sites for hydroxylation is 1. The summed E-state index contributed by atoms with van der Waals surface area (Å²) in [4.78, 5) is 28.2. The van der Waals surface area contributed by atoms with Crippen LogP contribution in [0.4, 0.5) is 32.3 Å². The van der Waals surface area contributed by atoms with Crippen molar-refractivity contribution in [1.82, 2.24) is 24.8 Å². The van der Waals surface area contributed by atoms with Crippen molar-refractivity contribution in [2.75, 3.05) is 50.0 Å². The lowest BCUT2D eigenvalue weighted by Crippen LogP contribution is -2.50. The number of carbonyl (C=O) groups excluding carboxylic acids is 1. The van der Waals surface area contributed by atoms with Gasteiger partial charge in [-0.1, -0.05) is 6.07 Å². The first kappa shape index (κ1) is 28.2. The van der Waals surface area contributed by atoms with Gasteiger partial charge in [0.05, 0.1) is 5.69 Å². The van der Waals surface area contributed by atoms with Gasteiger partial charge in [-0.05, 0) is 64.1 Å². The first-order valence-electron chi connectivity index (χ1n) is 13.7. The minimum atomic E-state index is -0.492. The van der Waals surface area contributed by atoms with Gasteiger partial charge < -0.3 is 30.0 Å². The van der Waals surface area contributed by atoms with Crippen molar-refractivity contribution in [2.24, 2.45) is 0 Å². The fraction of sp³-hybridized carbons (Fsp3) is 0.367. The van der Waals surface area contributed by atoms with Gasteiger partial charge in [0.25, 0.3) is 0 Å². The molecule has 41 heavy (non-hydrogen) atoms. The van der Waals surface area contributed by atoms with E-state index in [1.165, 1.54) is 0 Å². The highest BCUT2D eigenvalue weighted by Gasteiger charge is 2.25. The third kappa shape index (κ3) is 7.43. The van der Waals surface area contributed by atoms with Crippen molar-refractivity contribution in [1.29, 1.82) is 0 Å². The van der Waals surface area contributed by atoms with Crippen molar-refractivity contribution >= 4 is 40.1 Å². The maximum Gasteiger partial charge on any atom is 0.410 e. The highest BCUT2D eigenvalue weighted by Crippen LogP contribution is 2.28. The number of aromatic nitrogens is 3. The molecular weight excluding hydrogens is 525 g/mol. The molecule has 0 aliphatic carbocycles. The van der Waals surface area contributed by atoms with Crippen LogP contribution in [0.3, 0.4) is 0 Å². The molecule has 2 aromatic carbocycles. The van der Waals surface area contributed by atoms with Crippen LogP contribution < -0.4 is 15.4 Å². The normalized spacial score (nSPS) is 14.2. The highest BCUT2D eigenvalue weighted by atomic mass is 19.1. The molecular formula is C30H36FN7O3. The van der Waals surface area contributed by atoms with Gasteiger partial charge in [0.1, 0.15) is 23.8 Å². The fourth-order valence-electron chi connectivity index (χ4n) is 4.60. The van der Waals surface area contributed by atoms with Crippen LogP contribution in [0.5, 0.6) is 5.75 Å². The largest absolute Gasteiger partial charge is 0.492 e. The van der Waals surface area contributed by atoms with E-state index in [9.17, 15) is 4.79 Å². The Balaban J connectivity index is 1.12. The van der Waals surface area contributed by atoms with Gasteiger partial charge in [-0.2, -0.15) is 4.98 Å². The lowest BCUT2D eigenvalue weighted by Gasteiger charge is -2.35. The van der Waals surface area contributed by atoms with E-state index >= 15 is 4.39 Å². The molecule has 1 fully saturated rings. The van der Waals surface area contributed by atoms with Crippen LogP contribution in [0.2, 0.25) is 0 Å². The molecule has 11 heteroatoms. The number of hydrogen-bond acceptors (Lipinski definition) is 8. The number of carbonyl (C=O) groups is 1.